The van der Waals surface area contributed by atoms with E-state index < -0.39 is 9.84 Å². The molecule has 8 heteroatoms. The van der Waals surface area contributed by atoms with Gasteiger partial charge in [-0.25, -0.2) is 8.42 Å². The highest BCUT2D eigenvalue weighted by Crippen LogP contribution is 2.12. The molecule has 0 aromatic heterocycles. The summed E-state index contributed by atoms with van der Waals surface area (Å²) in [5, 5.41) is 3.88. The van der Waals surface area contributed by atoms with Crippen molar-refractivity contribution in [1.82, 2.24) is 10.2 Å². The minimum absolute atomic E-state index is 0. The number of hydrogen-bond acceptors (Lipinski definition) is 3. The highest BCUT2D eigenvalue weighted by atomic mass is 127. The van der Waals surface area contributed by atoms with Crippen LogP contribution in [0, 0.1) is 0 Å². The summed E-state index contributed by atoms with van der Waals surface area (Å²) in [6, 6.07) is 16.1. The second kappa shape index (κ2) is 11.5. The number of hydrogen-bond donors (Lipinski definition) is 1. The Kier molecular flexibility index (Phi) is 10.1. The first-order valence-corrected chi connectivity index (χ1v) is 10.5. The molecule has 2 aromatic rings. The van der Waals surface area contributed by atoms with Crippen LogP contribution in [0.1, 0.15) is 12.5 Å². The minimum atomic E-state index is -3.33. The summed E-state index contributed by atoms with van der Waals surface area (Å²) < 4.78 is 24.7. The van der Waals surface area contributed by atoms with Crippen LogP contribution in [0.15, 0.2) is 64.5 Å². The largest absolute Gasteiger partial charge is 0.357 e. The fourth-order valence-electron chi connectivity index (χ4n) is 2.47. The number of aliphatic imine (C=N–C) groups is 1. The number of sulfone groups is 1. The second-order valence-corrected chi connectivity index (χ2v) is 8.40. The zero-order valence-electron chi connectivity index (χ0n) is 15.4. The first kappa shape index (κ1) is 23.7. The van der Waals surface area contributed by atoms with E-state index in [1.807, 2.05) is 43.1 Å². The lowest BCUT2D eigenvalue weighted by atomic mass is 10.2. The molecule has 0 aliphatic carbocycles. The zero-order valence-corrected chi connectivity index (χ0v) is 19.3. The molecular formula is C19H25ClIN3O2S. The number of nitrogens with zero attached hydrogens (tertiary/aromatic N) is 2. The van der Waals surface area contributed by atoms with E-state index in [1.54, 1.807) is 30.3 Å². The molecule has 0 aliphatic heterocycles. The third kappa shape index (κ3) is 7.67. The standard InChI is InChI=1S/C19H24ClN3O2S.HI/c1-3-21-19(23(2)15-16-8-7-9-17(20)14-16)22-12-13-26(24,25)18-10-5-4-6-11-18;/h4-11,14H,3,12-13,15H2,1-2H3,(H,21,22);1H. The lowest BCUT2D eigenvalue weighted by Gasteiger charge is -2.22. The van der Waals surface area contributed by atoms with Crippen molar-refractivity contribution in [3.8, 4) is 0 Å². The fourth-order valence-corrected chi connectivity index (χ4v) is 3.82. The maximum atomic E-state index is 12.4. The van der Waals surface area contributed by atoms with Crippen LogP contribution in [0.4, 0.5) is 0 Å². The maximum Gasteiger partial charge on any atom is 0.193 e. The van der Waals surface area contributed by atoms with Gasteiger partial charge < -0.3 is 10.2 Å². The zero-order chi connectivity index (χ0) is 19.0. The molecule has 148 valence electrons. The highest BCUT2D eigenvalue weighted by molar-refractivity contribution is 14.0. The van der Waals surface area contributed by atoms with Crippen LogP contribution < -0.4 is 5.32 Å². The predicted molar refractivity (Wildman–Crippen MR) is 123 cm³/mol. The first-order valence-electron chi connectivity index (χ1n) is 8.44. The van der Waals surface area contributed by atoms with Crippen molar-refractivity contribution in [3.63, 3.8) is 0 Å². The molecular weight excluding hydrogens is 497 g/mol. The Morgan fingerprint density at radius 2 is 1.85 bits per heavy atom. The molecule has 0 atom stereocenters. The molecule has 1 N–H and O–H groups in total. The summed E-state index contributed by atoms with van der Waals surface area (Å²) in [6.07, 6.45) is 0. The van der Waals surface area contributed by atoms with Gasteiger partial charge in [-0.2, -0.15) is 0 Å². The lowest BCUT2D eigenvalue weighted by Crippen LogP contribution is -2.38. The number of halogens is 2. The van der Waals surface area contributed by atoms with Gasteiger partial charge in [0.2, 0.25) is 0 Å². The molecule has 5 nitrogen and oxygen atoms in total. The Balaban J connectivity index is 0.00000364. The van der Waals surface area contributed by atoms with E-state index in [9.17, 15) is 8.42 Å². The lowest BCUT2D eigenvalue weighted by molar-refractivity contribution is 0.477. The van der Waals surface area contributed by atoms with Gasteiger partial charge in [0, 0.05) is 25.2 Å². The summed E-state index contributed by atoms with van der Waals surface area (Å²) in [5.41, 5.74) is 1.06. The summed E-state index contributed by atoms with van der Waals surface area (Å²) >= 11 is 6.03. The molecule has 0 bridgehead atoms. The van der Waals surface area contributed by atoms with Crippen LogP contribution in [-0.4, -0.2) is 45.2 Å². The molecule has 0 amide bonds. The Morgan fingerprint density at radius 1 is 1.15 bits per heavy atom. The summed E-state index contributed by atoms with van der Waals surface area (Å²) in [5.74, 6) is 0.632. The number of nitrogens with one attached hydrogen (secondary N) is 1. The van der Waals surface area contributed by atoms with Gasteiger partial charge in [-0.15, -0.1) is 24.0 Å². The molecule has 0 radical (unpaired) electrons. The smallest absolute Gasteiger partial charge is 0.193 e. The van der Waals surface area contributed by atoms with Crippen molar-refractivity contribution in [1.29, 1.82) is 0 Å². The van der Waals surface area contributed by atoms with E-state index in [4.69, 9.17) is 11.6 Å². The molecule has 0 aliphatic rings. The van der Waals surface area contributed by atoms with Crippen LogP contribution in [0.3, 0.4) is 0 Å². The Hall–Kier alpha value is -1.32. The quantitative estimate of drug-likeness (QED) is 0.342. The number of rotatable bonds is 7. The average molecular weight is 522 g/mol. The van der Waals surface area contributed by atoms with Gasteiger partial charge >= 0.3 is 0 Å². The van der Waals surface area contributed by atoms with Crippen LogP contribution >= 0.6 is 35.6 Å². The van der Waals surface area contributed by atoms with Crippen LogP contribution in [0.2, 0.25) is 5.02 Å². The van der Waals surface area contributed by atoms with Crippen LogP contribution in [-0.2, 0) is 16.4 Å². The van der Waals surface area contributed by atoms with Gasteiger partial charge in [-0.1, -0.05) is 41.9 Å². The van der Waals surface area contributed by atoms with Crippen molar-refractivity contribution >= 4 is 51.4 Å². The van der Waals surface area contributed by atoms with Crippen LogP contribution in [0.25, 0.3) is 0 Å². The molecule has 0 heterocycles. The fraction of sp³-hybridized carbons (Fsp3) is 0.316. The van der Waals surface area contributed by atoms with Gasteiger partial charge in [0.15, 0.2) is 15.8 Å². The SMILES string of the molecule is CCNC(=NCCS(=O)(=O)c1ccccc1)N(C)Cc1cccc(Cl)c1.I. The molecule has 0 spiro atoms. The van der Waals surface area contributed by atoms with Crippen molar-refractivity contribution in [2.45, 2.75) is 18.4 Å². The molecule has 2 aromatic carbocycles. The first-order chi connectivity index (χ1) is 12.4. The molecule has 0 saturated heterocycles. The van der Waals surface area contributed by atoms with Crippen molar-refractivity contribution in [2.24, 2.45) is 4.99 Å². The highest BCUT2D eigenvalue weighted by Gasteiger charge is 2.14. The van der Waals surface area contributed by atoms with Gasteiger partial charge in [0.05, 0.1) is 17.2 Å². The molecule has 0 fully saturated rings. The third-order valence-electron chi connectivity index (χ3n) is 3.73. The molecule has 0 unspecified atom stereocenters. The predicted octanol–water partition coefficient (Wildman–Crippen LogP) is 3.83. The van der Waals surface area contributed by atoms with E-state index in [0.717, 1.165) is 5.56 Å². The number of guanidine groups is 1. The normalized spacial score (nSPS) is 11.6. The average Bonchev–Trinajstić information content (AvgIpc) is 2.61. The maximum absolute atomic E-state index is 12.4. The van der Waals surface area contributed by atoms with Crippen LogP contribution in [0.5, 0.6) is 0 Å². The van der Waals surface area contributed by atoms with E-state index >= 15 is 0 Å². The van der Waals surface area contributed by atoms with E-state index in [1.165, 1.54) is 0 Å². The Morgan fingerprint density at radius 3 is 2.48 bits per heavy atom. The van der Waals surface area contributed by atoms with Crippen molar-refractivity contribution < 1.29 is 8.42 Å². The topological polar surface area (TPSA) is 61.8 Å². The summed E-state index contributed by atoms with van der Waals surface area (Å²) in [4.78, 5) is 6.74. The minimum Gasteiger partial charge on any atom is -0.357 e. The van der Waals surface area contributed by atoms with Gasteiger partial charge in [-0.3, -0.25) is 4.99 Å². The van der Waals surface area contributed by atoms with Crippen molar-refractivity contribution in [3.05, 3.63) is 65.2 Å². The molecule has 27 heavy (non-hydrogen) atoms. The van der Waals surface area contributed by atoms with E-state index in [2.05, 4.69) is 10.3 Å². The molecule has 2 rings (SSSR count). The molecule has 0 saturated carbocycles. The van der Waals surface area contributed by atoms with E-state index in [-0.39, 0.29) is 36.3 Å². The third-order valence-corrected chi connectivity index (χ3v) is 5.67. The number of benzene rings is 2. The summed E-state index contributed by atoms with van der Waals surface area (Å²) in [7, 11) is -1.42. The second-order valence-electron chi connectivity index (χ2n) is 5.85. The summed E-state index contributed by atoms with van der Waals surface area (Å²) in [6.45, 7) is 3.49. The van der Waals surface area contributed by atoms with Crippen molar-refractivity contribution in [2.75, 3.05) is 25.9 Å². The Bertz CT molecular complexity index is 845. The van der Waals surface area contributed by atoms with Gasteiger partial charge in [0.1, 0.15) is 0 Å². The Labute approximate surface area is 183 Å². The monoisotopic (exact) mass is 521 g/mol. The van der Waals surface area contributed by atoms with Gasteiger partial charge in [-0.05, 0) is 36.8 Å². The van der Waals surface area contributed by atoms with E-state index in [0.29, 0.717) is 29.0 Å². The van der Waals surface area contributed by atoms with Gasteiger partial charge in [0.25, 0.3) is 0 Å².